The maximum atomic E-state index is 13.5. The van der Waals surface area contributed by atoms with Crippen LogP contribution >= 0.6 is 0 Å². The standard InChI is InChI=1S/C20H25F2N5/c1-23-18-5-8-24-19(25-18)27-10-7-20(14-27)6-2-9-26(13-20)12-15-3-4-16(21)17(22)11-15/h3-5,8,11H,2,6-7,9-10,12-14H2,1H3,(H,23,24,25)/t20-/m0/s1. The number of halogens is 2. The summed E-state index contributed by atoms with van der Waals surface area (Å²) in [4.78, 5) is 13.6. The van der Waals surface area contributed by atoms with Crippen molar-refractivity contribution in [3.8, 4) is 0 Å². The summed E-state index contributed by atoms with van der Waals surface area (Å²) in [5.41, 5.74) is 1.04. The molecule has 0 unspecified atom stereocenters. The van der Waals surface area contributed by atoms with Crippen molar-refractivity contribution in [2.45, 2.75) is 25.8 Å². The lowest BCUT2D eigenvalue weighted by molar-refractivity contribution is 0.0990. The predicted octanol–water partition coefficient (Wildman–Crippen LogP) is 3.29. The van der Waals surface area contributed by atoms with Gasteiger partial charge in [0.2, 0.25) is 5.95 Å². The van der Waals surface area contributed by atoms with Gasteiger partial charge in [0.05, 0.1) is 0 Å². The van der Waals surface area contributed by atoms with Crippen LogP contribution in [0.15, 0.2) is 30.5 Å². The molecule has 0 radical (unpaired) electrons. The van der Waals surface area contributed by atoms with Crippen molar-refractivity contribution in [3.63, 3.8) is 0 Å². The lowest BCUT2D eigenvalue weighted by Gasteiger charge is -2.40. The molecule has 3 heterocycles. The number of rotatable bonds is 4. The van der Waals surface area contributed by atoms with Crippen molar-refractivity contribution >= 4 is 11.8 Å². The summed E-state index contributed by atoms with van der Waals surface area (Å²) in [7, 11) is 1.86. The number of hydrogen-bond acceptors (Lipinski definition) is 5. The number of nitrogens with zero attached hydrogens (tertiary/aromatic N) is 4. The Kier molecular flexibility index (Phi) is 4.95. The molecule has 27 heavy (non-hydrogen) atoms. The third kappa shape index (κ3) is 3.88. The molecule has 144 valence electrons. The van der Waals surface area contributed by atoms with Gasteiger partial charge in [-0.25, -0.2) is 13.8 Å². The topological polar surface area (TPSA) is 44.3 Å². The summed E-state index contributed by atoms with van der Waals surface area (Å²) in [6, 6.07) is 6.07. The summed E-state index contributed by atoms with van der Waals surface area (Å²) >= 11 is 0. The first-order valence-electron chi connectivity index (χ1n) is 9.49. The Morgan fingerprint density at radius 1 is 1.11 bits per heavy atom. The molecule has 2 aliphatic rings. The zero-order chi connectivity index (χ0) is 18.9. The SMILES string of the molecule is CNc1ccnc(N2CC[C@]3(CCCN(Cc4ccc(F)c(F)c4)C3)C2)n1. The second kappa shape index (κ2) is 7.38. The largest absolute Gasteiger partial charge is 0.373 e. The maximum Gasteiger partial charge on any atom is 0.227 e. The van der Waals surface area contributed by atoms with E-state index in [9.17, 15) is 8.78 Å². The highest BCUT2D eigenvalue weighted by molar-refractivity contribution is 5.42. The molecule has 2 fully saturated rings. The third-order valence-electron chi connectivity index (χ3n) is 5.75. The van der Waals surface area contributed by atoms with Crippen molar-refractivity contribution < 1.29 is 8.78 Å². The molecule has 4 rings (SSSR count). The molecule has 1 N–H and O–H groups in total. The number of aromatic nitrogens is 2. The smallest absolute Gasteiger partial charge is 0.227 e. The van der Waals surface area contributed by atoms with Crippen molar-refractivity contribution in [1.82, 2.24) is 14.9 Å². The van der Waals surface area contributed by atoms with Gasteiger partial charge in [-0.15, -0.1) is 0 Å². The third-order valence-corrected chi connectivity index (χ3v) is 5.75. The Hall–Kier alpha value is -2.28. The van der Waals surface area contributed by atoms with Gasteiger partial charge in [0.1, 0.15) is 5.82 Å². The highest BCUT2D eigenvalue weighted by Gasteiger charge is 2.42. The average Bonchev–Trinajstić information content (AvgIpc) is 3.08. The summed E-state index contributed by atoms with van der Waals surface area (Å²) in [5.74, 6) is 0.0398. The molecule has 0 saturated carbocycles. The molecular weight excluding hydrogens is 348 g/mol. The van der Waals surface area contributed by atoms with Crippen LogP contribution in [0.4, 0.5) is 20.5 Å². The monoisotopic (exact) mass is 373 g/mol. The molecule has 5 nitrogen and oxygen atoms in total. The van der Waals surface area contributed by atoms with Crippen molar-refractivity contribution in [2.75, 3.05) is 43.4 Å². The van der Waals surface area contributed by atoms with Crippen molar-refractivity contribution in [3.05, 3.63) is 47.7 Å². The minimum atomic E-state index is -0.788. The highest BCUT2D eigenvalue weighted by Crippen LogP contribution is 2.40. The lowest BCUT2D eigenvalue weighted by atomic mass is 9.79. The van der Waals surface area contributed by atoms with Gasteiger partial charge in [-0.2, -0.15) is 4.98 Å². The molecular formula is C20H25F2N5. The maximum absolute atomic E-state index is 13.5. The summed E-state index contributed by atoms with van der Waals surface area (Å²) in [6.07, 6.45) is 5.20. The Balaban J connectivity index is 1.43. The van der Waals surface area contributed by atoms with E-state index in [1.165, 1.54) is 18.6 Å². The second-order valence-electron chi connectivity index (χ2n) is 7.73. The molecule has 2 aliphatic heterocycles. The molecule has 0 bridgehead atoms. The molecule has 1 atom stereocenters. The van der Waals surface area contributed by atoms with Gasteiger partial charge in [0.25, 0.3) is 0 Å². The Morgan fingerprint density at radius 3 is 2.81 bits per heavy atom. The normalized spacial score (nSPS) is 23.1. The molecule has 7 heteroatoms. The van der Waals surface area contributed by atoms with Crippen LogP contribution in [0.2, 0.25) is 0 Å². The predicted molar refractivity (Wildman–Crippen MR) is 102 cm³/mol. The Labute approximate surface area is 158 Å². The molecule has 0 amide bonds. The van der Waals surface area contributed by atoms with Crippen LogP contribution in [0.5, 0.6) is 0 Å². The first kappa shape index (κ1) is 18.1. The summed E-state index contributed by atoms with van der Waals surface area (Å²) in [5, 5.41) is 3.06. The summed E-state index contributed by atoms with van der Waals surface area (Å²) < 4.78 is 26.7. The van der Waals surface area contributed by atoms with Crippen molar-refractivity contribution in [1.29, 1.82) is 0 Å². The van der Waals surface area contributed by atoms with Crippen LogP contribution in [0.3, 0.4) is 0 Å². The van der Waals surface area contributed by atoms with Gasteiger partial charge in [0.15, 0.2) is 11.6 Å². The quantitative estimate of drug-likeness (QED) is 0.891. The van der Waals surface area contributed by atoms with E-state index < -0.39 is 11.6 Å². The van der Waals surface area contributed by atoms with Gasteiger partial charge >= 0.3 is 0 Å². The lowest BCUT2D eigenvalue weighted by Crippen LogP contribution is -2.44. The van der Waals surface area contributed by atoms with Crippen LogP contribution in [-0.4, -0.2) is 48.1 Å². The van der Waals surface area contributed by atoms with E-state index in [0.29, 0.717) is 6.54 Å². The van der Waals surface area contributed by atoms with Gasteiger partial charge in [-0.1, -0.05) is 6.07 Å². The van der Waals surface area contributed by atoms with Crippen LogP contribution in [0.25, 0.3) is 0 Å². The first-order valence-corrected chi connectivity index (χ1v) is 9.49. The minimum absolute atomic E-state index is 0.218. The zero-order valence-corrected chi connectivity index (χ0v) is 15.6. The molecule has 2 saturated heterocycles. The van der Waals surface area contributed by atoms with Crippen LogP contribution in [-0.2, 0) is 6.54 Å². The molecule has 2 aromatic rings. The molecule has 0 aliphatic carbocycles. The van der Waals surface area contributed by atoms with E-state index in [2.05, 4.69) is 25.1 Å². The van der Waals surface area contributed by atoms with Gasteiger partial charge in [-0.05, 0) is 49.6 Å². The Bertz CT molecular complexity index is 815. The van der Waals surface area contributed by atoms with Gasteiger partial charge in [0, 0.05) is 44.8 Å². The number of benzene rings is 1. The van der Waals surface area contributed by atoms with E-state index in [1.54, 1.807) is 12.3 Å². The average molecular weight is 373 g/mol. The highest BCUT2D eigenvalue weighted by atomic mass is 19.2. The van der Waals surface area contributed by atoms with Gasteiger partial charge < -0.3 is 10.2 Å². The number of nitrogens with one attached hydrogen (secondary N) is 1. The van der Waals surface area contributed by atoms with E-state index in [-0.39, 0.29) is 5.41 Å². The second-order valence-corrected chi connectivity index (χ2v) is 7.73. The fourth-order valence-electron chi connectivity index (χ4n) is 4.42. The number of piperidine rings is 1. The van der Waals surface area contributed by atoms with E-state index >= 15 is 0 Å². The number of likely N-dealkylation sites (tertiary alicyclic amines) is 1. The van der Waals surface area contributed by atoms with Crippen LogP contribution < -0.4 is 10.2 Å². The fourth-order valence-corrected chi connectivity index (χ4v) is 4.42. The zero-order valence-electron chi connectivity index (χ0n) is 15.6. The fraction of sp³-hybridized carbons (Fsp3) is 0.500. The van der Waals surface area contributed by atoms with Crippen LogP contribution in [0.1, 0.15) is 24.8 Å². The van der Waals surface area contributed by atoms with E-state index in [0.717, 1.165) is 56.4 Å². The van der Waals surface area contributed by atoms with Gasteiger partial charge in [-0.3, -0.25) is 4.90 Å². The van der Waals surface area contributed by atoms with E-state index in [4.69, 9.17) is 0 Å². The Morgan fingerprint density at radius 2 is 2.00 bits per heavy atom. The summed E-state index contributed by atoms with van der Waals surface area (Å²) in [6.45, 7) is 4.51. The minimum Gasteiger partial charge on any atom is -0.373 e. The molecule has 1 aromatic heterocycles. The number of anilines is 2. The molecule has 1 aromatic carbocycles. The van der Waals surface area contributed by atoms with Crippen LogP contribution in [0, 0.1) is 17.0 Å². The van der Waals surface area contributed by atoms with Crippen molar-refractivity contribution in [2.24, 2.45) is 5.41 Å². The first-order chi connectivity index (χ1) is 13.1. The van der Waals surface area contributed by atoms with E-state index in [1.807, 2.05) is 13.1 Å². The molecule has 1 spiro atoms. The number of hydrogen-bond donors (Lipinski definition) is 1.